The fourth-order valence-corrected chi connectivity index (χ4v) is 4.22. The number of ether oxygens (including phenoxy) is 2. The van der Waals surface area contributed by atoms with Crippen molar-refractivity contribution in [2.24, 2.45) is 0 Å². The van der Waals surface area contributed by atoms with Gasteiger partial charge in [-0.25, -0.2) is 8.42 Å². The molecular formula is C20H26N2O5S. The predicted molar refractivity (Wildman–Crippen MR) is 109 cm³/mol. The number of carbonyl (C=O) groups is 1. The first-order valence-electron chi connectivity index (χ1n) is 8.81. The highest BCUT2D eigenvalue weighted by molar-refractivity contribution is 7.93. The van der Waals surface area contributed by atoms with Crippen LogP contribution in [0.25, 0.3) is 0 Å². The molecule has 28 heavy (non-hydrogen) atoms. The molecule has 0 aliphatic carbocycles. The van der Waals surface area contributed by atoms with Gasteiger partial charge in [0.2, 0.25) is 5.91 Å². The third-order valence-corrected chi connectivity index (χ3v) is 5.90. The highest BCUT2D eigenvalue weighted by Crippen LogP contribution is 2.31. The van der Waals surface area contributed by atoms with E-state index >= 15 is 0 Å². The van der Waals surface area contributed by atoms with Crippen LogP contribution in [0.5, 0.6) is 11.5 Å². The lowest BCUT2D eigenvalue weighted by atomic mass is 10.2. The summed E-state index contributed by atoms with van der Waals surface area (Å²) in [4.78, 5) is 13.7. The van der Waals surface area contributed by atoms with Gasteiger partial charge in [0.25, 0.3) is 10.0 Å². The Morgan fingerprint density at radius 3 is 2.25 bits per heavy atom. The van der Waals surface area contributed by atoms with Crippen LogP contribution in [0, 0.1) is 6.92 Å². The van der Waals surface area contributed by atoms with Gasteiger partial charge in [0.1, 0.15) is 22.9 Å². The van der Waals surface area contributed by atoms with Crippen LogP contribution >= 0.6 is 0 Å². The quantitative estimate of drug-likeness (QED) is 0.674. The minimum atomic E-state index is -4.05. The Balaban J connectivity index is 2.57. The number of methoxy groups -OCH3 is 1. The van der Waals surface area contributed by atoms with Crippen LogP contribution in [0.3, 0.4) is 0 Å². The lowest BCUT2D eigenvalue weighted by Gasteiger charge is -2.26. The van der Waals surface area contributed by atoms with Crippen LogP contribution in [0.15, 0.2) is 47.4 Å². The Bertz CT molecular complexity index is 924. The fraction of sp³-hybridized carbons (Fsp3) is 0.350. The number of amides is 1. The second-order valence-corrected chi connectivity index (χ2v) is 8.21. The van der Waals surface area contributed by atoms with E-state index in [0.29, 0.717) is 18.0 Å². The number of hydrogen-bond donors (Lipinski definition) is 0. The molecule has 0 fully saturated rings. The molecule has 0 aliphatic rings. The normalized spacial score (nSPS) is 11.0. The molecule has 0 spiro atoms. The van der Waals surface area contributed by atoms with E-state index in [-0.39, 0.29) is 23.1 Å². The van der Waals surface area contributed by atoms with Gasteiger partial charge in [0, 0.05) is 14.1 Å². The van der Waals surface area contributed by atoms with Crippen molar-refractivity contribution in [3.05, 3.63) is 48.0 Å². The van der Waals surface area contributed by atoms with E-state index in [1.165, 1.54) is 18.1 Å². The van der Waals surface area contributed by atoms with Crippen molar-refractivity contribution in [3.63, 3.8) is 0 Å². The molecule has 0 N–H and O–H groups in total. The Morgan fingerprint density at radius 2 is 1.71 bits per heavy atom. The number of rotatable bonds is 8. The first kappa shape index (κ1) is 21.6. The van der Waals surface area contributed by atoms with Crippen molar-refractivity contribution in [1.29, 1.82) is 0 Å². The first-order valence-corrected chi connectivity index (χ1v) is 10.2. The summed E-state index contributed by atoms with van der Waals surface area (Å²) in [6.07, 6.45) is 0. The van der Waals surface area contributed by atoms with Gasteiger partial charge in [0.05, 0.1) is 19.4 Å². The summed E-state index contributed by atoms with van der Waals surface area (Å²) in [6.45, 7) is 3.83. The van der Waals surface area contributed by atoms with Crippen molar-refractivity contribution >= 4 is 21.6 Å². The van der Waals surface area contributed by atoms with Crippen LogP contribution in [0.2, 0.25) is 0 Å². The van der Waals surface area contributed by atoms with Crippen LogP contribution in [-0.4, -0.2) is 53.6 Å². The number of aryl methyl sites for hydroxylation is 1. The largest absolute Gasteiger partial charge is 0.495 e. The predicted octanol–water partition coefficient (Wildman–Crippen LogP) is 2.69. The third kappa shape index (κ3) is 4.75. The monoisotopic (exact) mass is 406 g/mol. The SMILES string of the molecule is CCOc1ccc(N(CC(=O)N(C)C)S(=O)(=O)c2cc(C)ccc2OC)cc1. The molecule has 0 aromatic heterocycles. The molecule has 2 rings (SSSR count). The molecule has 152 valence electrons. The molecule has 2 aromatic rings. The highest BCUT2D eigenvalue weighted by Gasteiger charge is 2.30. The minimum Gasteiger partial charge on any atom is -0.495 e. The maximum absolute atomic E-state index is 13.5. The molecule has 0 heterocycles. The first-order chi connectivity index (χ1) is 13.2. The van der Waals surface area contributed by atoms with E-state index in [0.717, 1.165) is 9.87 Å². The summed E-state index contributed by atoms with van der Waals surface area (Å²) >= 11 is 0. The molecule has 0 radical (unpaired) electrons. The van der Waals surface area contributed by atoms with Crippen molar-refractivity contribution in [3.8, 4) is 11.5 Å². The van der Waals surface area contributed by atoms with Crippen LogP contribution < -0.4 is 13.8 Å². The van der Waals surface area contributed by atoms with Gasteiger partial charge in [-0.1, -0.05) is 6.07 Å². The van der Waals surface area contributed by atoms with E-state index in [2.05, 4.69) is 0 Å². The van der Waals surface area contributed by atoms with Crippen molar-refractivity contribution in [2.45, 2.75) is 18.7 Å². The second-order valence-electron chi connectivity index (χ2n) is 6.38. The van der Waals surface area contributed by atoms with Crippen LogP contribution in [0.4, 0.5) is 5.69 Å². The number of anilines is 1. The van der Waals surface area contributed by atoms with Gasteiger partial charge in [-0.05, 0) is 55.8 Å². The molecule has 0 aliphatic heterocycles. The molecule has 1 amide bonds. The number of benzene rings is 2. The lowest BCUT2D eigenvalue weighted by Crippen LogP contribution is -2.40. The Kier molecular flexibility index (Phi) is 6.90. The molecule has 8 heteroatoms. The van der Waals surface area contributed by atoms with E-state index in [1.54, 1.807) is 57.4 Å². The summed E-state index contributed by atoms with van der Waals surface area (Å²) in [5.74, 6) is 0.499. The summed E-state index contributed by atoms with van der Waals surface area (Å²) in [5.41, 5.74) is 1.13. The summed E-state index contributed by atoms with van der Waals surface area (Å²) in [5, 5.41) is 0. The van der Waals surface area contributed by atoms with Gasteiger partial charge in [-0.15, -0.1) is 0 Å². The maximum Gasteiger partial charge on any atom is 0.268 e. The molecule has 0 bridgehead atoms. The Morgan fingerprint density at radius 1 is 1.07 bits per heavy atom. The zero-order valence-electron chi connectivity index (χ0n) is 16.8. The van der Waals surface area contributed by atoms with Crippen LogP contribution in [-0.2, 0) is 14.8 Å². The molecule has 2 aromatic carbocycles. The smallest absolute Gasteiger partial charge is 0.268 e. The highest BCUT2D eigenvalue weighted by atomic mass is 32.2. The van der Waals surface area contributed by atoms with E-state index < -0.39 is 10.0 Å². The Labute approximate surface area is 166 Å². The van der Waals surface area contributed by atoms with Gasteiger partial charge in [-0.2, -0.15) is 0 Å². The Hall–Kier alpha value is -2.74. The second kappa shape index (κ2) is 8.97. The molecule has 0 saturated heterocycles. The van der Waals surface area contributed by atoms with Gasteiger partial charge in [0.15, 0.2) is 0 Å². The number of carbonyl (C=O) groups excluding carboxylic acids is 1. The number of sulfonamides is 1. The third-order valence-electron chi connectivity index (χ3n) is 4.10. The lowest BCUT2D eigenvalue weighted by molar-refractivity contribution is -0.127. The number of likely N-dealkylation sites (N-methyl/N-ethyl adjacent to an activating group) is 1. The average Bonchev–Trinajstić information content (AvgIpc) is 2.66. The maximum atomic E-state index is 13.5. The fourth-order valence-electron chi connectivity index (χ4n) is 2.56. The molecule has 7 nitrogen and oxygen atoms in total. The van der Waals surface area contributed by atoms with Crippen molar-refractivity contribution in [1.82, 2.24) is 4.90 Å². The summed E-state index contributed by atoms with van der Waals surface area (Å²) < 4.78 is 38.7. The molecular weight excluding hydrogens is 380 g/mol. The van der Waals surface area contributed by atoms with E-state index in [9.17, 15) is 13.2 Å². The molecule has 0 saturated carbocycles. The van der Waals surface area contributed by atoms with Crippen molar-refractivity contribution < 1.29 is 22.7 Å². The van der Waals surface area contributed by atoms with Gasteiger partial charge in [-0.3, -0.25) is 9.10 Å². The number of hydrogen-bond acceptors (Lipinski definition) is 5. The van der Waals surface area contributed by atoms with Gasteiger partial charge < -0.3 is 14.4 Å². The van der Waals surface area contributed by atoms with E-state index in [1.807, 2.05) is 6.92 Å². The van der Waals surface area contributed by atoms with Crippen molar-refractivity contribution in [2.75, 3.05) is 38.7 Å². The summed E-state index contributed by atoms with van der Waals surface area (Å²) in [6, 6.07) is 11.5. The minimum absolute atomic E-state index is 0.00967. The average molecular weight is 407 g/mol. The zero-order chi connectivity index (χ0) is 20.9. The number of nitrogens with zero attached hydrogens (tertiary/aromatic N) is 2. The molecule has 0 unspecified atom stereocenters. The summed E-state index contributed by atoms with van der Waals surface area (Å²) in [7, 11) is 0.523. The van der Waals surface area contributed by atoms with Gasteiger partial charge >= 0.3 is 0 Å². The zero-order valence-corrected chi connectivity index (χ0v) is 17.6. The molecule has 0 atom stereocenters. The topological polar surface area (TPSA) is 76.2 Å². The standard InChI is InChI=1S/C20H26N2O5S/c1-6-27-17-10-8-16(9-11-17)22(14-20(23)21(3)4)28(24,25)19-13-15(2)7-12-18(19)26-5/h7-13H,6,14H2,1-5H3. The van der Waals surface area contributed by atoms with E-state index in [4.69, 9.17) is 9.47 Å². The van der Waals surface area contributed by atoms with Crippen LogP contribution in [0.1, 0.15) is 12.5 Å².